The van der Waals surface area contributed by atoms with E-state index >= 15 is 0 Å². The molecule has 0 radical (unpaired) electrons. The molecule has 34 heavy (non-hydrogen) atoms. The lowest BCUT2D eigenvalue weighted by atomic mass is 9.93. The number of halogens is 2. The Hall–Kier alpha value is -2.30. The van der Waals surface area contributed by atoms with Gasteiger partial charge < -0.3 is 9.67 Å². The Labute approximate surface area is 211 Å². The van der Waals surface area contributed by atoms with Gasteiger partial charge in [-0.1, -0.05) is 55.1 Å². The molecule has 3 rings (SSSR count). The van der Waals surface area contributed by atoms with Crippen molar-refractivity contribution in [3.05, 3.63) is 69.3 Å². The lowest BCUT2D eigenvalue weighted by Crippen LogP contribution is -2.11. The minimum absolute atomic E-state index is 0.0127. The number of fused-ring (bicyclic) bond motifs is 1. The number of ketones is 1. The molecule has 1 N–H and O–H groups in total. The summed E-state index contributed by atoms with van der Waals surface area (Å²) in [7, 11) is 2.01. The molecule has 0 amide bonds. The first-order valence-electron chi connectivity index (χ1n) is 12.0. The zero-order valence-corrected chi connectivity index (χ0v) is 21.5. The molecule has 0 saturated carbocycles. The van der Waals surface area contributed by atoms with E-state index in [9.17, 15) is 9.59 Å². The van der Waals surface area contributed by atoms with E-state index in [-0.39, 0.29) is 18.1 Å². The van der Waals surface area contributed by atoms with Crippen LogP contribution in [-0.4, -0.2) is 21.4 Å². The van der Waals surface area contributed by atoms with Crippen LogP contribution < -0.4 is 0 Å². The van der Waals surface area contributed by atoms with E-state index in [1.165, 1.54) is 5.56 Å². The fourth-order valence-corrected chi connectivity index (χ4v) is 4.89. The Morgan fingerprint density at radius 2 is 1.59 bits per heavy atom. The summed E-state index contributed by atoms with van der Waals surface area (Å²) in [5.74, 6) is -0.741. The predicted octanol–water partition coefficient (Wildman–Crippen LogP) is 7.90. The Kier molecular flexibility index (Phi) is 9.61. The summed E-state index contributed by atoms with van der Waals surface area (Å²) in [6.45, 7) is 1.94. The summed E-state index contributed by atoms with van der Waals surface area (Å²) in [6.07, 6.45) is 7.15. The molecular weight excluding hydrogens is 469 g/mol. The van der Waals surface area contributed by atoms with E-state index in [0.29, 0.717) is 17.9 Å². The van der Waals surface area contributed by atoms with Crippen LogP contribution >= 0.6 is 23.2 Å². The van der Waals surface area contributed by atoms with Crippen LogP contribution in [0, 0.1) is 5.92 Å². The molecule has 3 aromatic rings. The third-order valence-electron chi connectivity index (χ3n) is 6.49. The maximum atomic E-state index is 13.4. The van der Waals surface area contributed by atoms with Gasteiger partial charge in [-0.15, -0.1) is 0 Å². The number of hydrogen-bond donors (Lipinski definition) is 1. The number of aliphatic carboxylic acids is 1. The van der Waals surface area contributed by atoms with E-state index in [0.717, 1.165) is 65.7 Å². The standard InChI is InChI=1S/C28H33Cl2NO3/c1-19(9-16-27(33)34)17-26(32)28-23-18-22(30)14-15-24(23)31(2)25(28)8-6-4-3-5-7-20-10-12-21(29)13-11-20/h10-15,18-19H,3-9,16-17H2,1-2H3,(H,33,34). The third-order valence-corrected chi connectivity index (χ3v) is 6.98. The fourth-order valence-electron chi connectivity index (χ4n) is 4.59. The van der Waals surface area contributed by atoms with Crippen molar-refractivity contribution in [2.24, 2.45) is 13.0 Å². The molecule has 4 nitrogen and oxygen atoms in total. The second-order valence-corrected chi connectivity index (χ2v) is 10.1. The lowest BCUT2D eigenvalue weighted by molar-refractivity contribution is -0.137. The zero-order chi connectivity index (χ0) is 24.7. The first-order chi connectivity index (χ1) is 16.3. The maximum absolute atomic E-state index is 13.4. The van der Waals surface area contributed by atoms with Crippen molar-refractivity contribution in [1.82, 2.24) is 4.57 Å². The summed E-state index contributed by atoms with van der Waals surface area (Å²) < 4.78 is 2.12. The van der Waals surface area contributed by atoms with Crippen LogP contribution in [0.25, 0.3) is 10.9 Å². The highest BCUT2D eigenvalue weighted by atomic mass is 35.5. The first kappa shape index (κ1) is 26.3. The van der Waals surface area contributed by atoms with Crippen LogP contribution in [0.3, 0.4) is 0 Å². The molecule has 0 saturated heterocycles. The van der Waals surface area contributed by atoms with Gasteiger partial charge in [0.15, 0.2) is 5.78 Å². The monoisotopic (exact) mass is 501 g/mol. The second-order valence-electron chi connectivity index (χ2n) is 9.25. The van der Waals surface area contributed by atoms with Crippen LogP contribution in [0.5, 0.6) is 0 Å². The summed E-state index contributed by atoms with van der Waals surface area (Å²) in [4.78, 5) is 24.3. The molecule has 0 spiro atoms. The number of benzene rings is 2. The van der Waals surface area contributed by atoms with E-state index in [1.54, 1.807) is 0 Å². The van der Waals surface area contributed by atoms with Crippen molar-refractivity contribution in [3.63, 3.8) is 0 Å². The molecule has 1 heterocycles. The average Bonchev–Trinajstić information content (AvgIpc) is 3.06. The molecule has 2 aromatic carbocycles. The van der Waals surface area contributed by atoms with E-state index in [1.807, 2.05) is 44.3 Å². The minimum Gasteiger partial charge on any atom is -0.481 e. The van der Waals surface area contributed by atoms with Crippen molar-refractivity contribution in [2.45, 2.75) is 64.7 Å². The summed E-state index contributed by atoms with van der Waals surface area (Å²) in [5, 5.41) is 11.2. The maximum Gasteiger partial charge on any atom is 0.303 e. The van der Waals surface area contributed by atoms with Gasteiger partial charge in [-0.2, -0.15) is 0 Å². The Morgan fingerprint density at radius 3 is 2.26 bits per heavy atom. The normalized spacial score (nSPS) is 12.2. The number of Topliss-reactive ketones (excluding diaryl/α,β-unsaturated/α-hetero) is 1. The lowest BCUT2D eigenvalue weighted by Gasteiger charge is -2.11. The van der Waals surface area contributed by atoms with Gasteiger partial charge in [0.25, 0.3) is 0 Å². The molecular formula is C28H33Cl2NO3. The minimum atomic E-state index is -0.826. The Morgan fingerprint density at radius 1 is 0.941 bits per heavy atom. The highest BCUT2D eigenvalue weighted by Gasteiger charge is 2.22. The smallest absolute Gasteiger partial charge is 0.303 e. The molecule has 0 aliphatic rings. The highest BCUT2D eigenvalue weighted by molar-refractivity contribution is 6.31. The number of aromatic nitrogens is 1. The molecule has 0 bridgehead atoms. The van der Waals surface area contributed by atoms with E-state index in [2.05, 4.69) is 16.7 Å². The summed E-state index contributed by atoms with van der Waals surface area (Å²) in [5.41, 5.74) is 4.11. The van der Waals surface area contributed by atoms with Crippen LogP contribution in [0.4, 0.5) is 0 Å². The number of rotatable bonds is 13. The van der Waals surface area contributed by atoms with Gasteiger partial charge in [-0.25, -0.2) is 0 Å². The Balaban J connectivity index is 1.65. The molecule has 1 unspecified atom stereocenters. The van der Waals surface area contributed by atoms with Crippen molar-refractivity contribution in [1.29, 1.82) is 0 Å². The number of hydrogen-bond acceptors (Lipinski definition) is 2. The summed E-state index contributed by atoms with van der Waals surface area (Å²) in [6, 6.07) is 13.7. The third kappa shape index (κ3) is 7.10. The molecule has 6 heteroatoms. The number of carboxylic acid groups (broad SMARTS) is 1. The van der Waals surface area contributed by atoms with Gasteiger partial charge in [0, 0.05) is 52.1 Å². The van der Waals surface area contributed by atoms with Gasteiger partial charge in [0.05, 0.1) is 0 Å². The molecule has 1 atom stereocenters. The average molecular weight is 502 g/mol. The van der Waals surface area contributed by atoms with Crippen LogP contribution in [0.1, 0.15) is 73.5 Å². The number of unbranched alkanes of at least 4 members (excludes halogenated alkanes) is 3. The molecule has 0 fully saturated rings. The summed E-state index contributed by atoms with van der Waals surface area (Å²) >= 11 is 12.2. The number of carboxylic acids is 1. The quantitative estimate of drug-likeness (QED) is 0.191. The van der Waals surface area contributed by atoms with Gasteiger partial charge in [-0.05, 0) is 73.9 Å². The second kappa shape index (κ2) is 12.4. The van der Waals surface area contributed by atoms with Crippen LogP contribution in [-0.2, 0) is 24.7 Å². The number of aryl methyl sites for hydroxylation is 2. The molecule has 0 aliphatic heterocycles. The molecule has 182 valence electrons. The van der Waals surface area contributed by atoms with Crippen molar-refractivity contribution in [2.75, 3.05) is 0 Å². The van der Waals surface area contributed by atoms with Crippen molar-refractivity contribution < 1.29 is 14.7 Å². The van der Waals surface area contributed by atoms with E-state index < -0.39 is 5.97 Å². The zero-order valence-electron chi connectivity index (χ0n) is 19.9. The van der Waals surface area contributed by atoms with Gasteiger partial charge in [0.2, 0.25) is 0 Å². The SMILES string of the molecule is CC(CCC(=O)O)CC(=O)c1c(CCCCCCc2ccc(Cl)cc2)n(C)c2ccc(Cl)cc12. The number of carbonyl (C=O) groups is 2. The van der Waals surface area contributed by atoms with Crippen LogP contribution in [0.15, 0.2) is 42.5 Å². The van der Waals surface area contributed by atoms with Crippen molar-refractivity contribution in [3.8, 4) is 0 Å². The first-order valence-corrected chi connectivity index (χ1v) is 12.8. The number of nitrogens with zero attached hydrogens (tertiary/aromatic N) is 1. The van der Waals surface area contributed by atoms with Gasteiger partial charge in [-0.3, -0.25) is 9.59 Å². The number of carbonyl (C=O) groups excluding carboxylic acids is 1. The van der Waals surface area contributed by atoms with Crippen molar-refractivity contribution >= 4 is 45.9 Å². The fraction of sp³-hybridized carbons (Fsp3) is 0.429. The van der Waals surface area contributed by atoms with Gasteiger partial charge >= 0.3 is 5.97 Å². The topological polar surface area (TPSA) is 59.3 Å². The Bertz CT molecular complexity index is 1130. The van der Waals surface area contributed by atoms with Gasteiger partial charge in [0.1, 0.15) is 0 Å². The van der Waals surface area contributed by atoms with Crippen LogP contribution in [0.2, 0.25) is 10.0 Å². The highest BCUT2D eigenvalue weighted by Crippen LogP contribution is 2.31. The molecule has 1 aromatic heterocycles. The predicted molar refractivity (Wildman–Crippen MR) is 140 cm³/mol. The largest absolute Gasteiger partial charge is 0.481 e. The van der Waals surface area contributed by atoms with E-state index in [4.69, 9.17) is 28.3 Å². The molecule has 0 aliphatic carbocycles.